The van der Waals surface area contributed by atoms with Gasteiger partial charge in [0.2, 0.25) is 0 Å². The zero-order chi connectivity index (χ0) is 21.0. The fourth-order valence-corrected chi connectivity index (χ4v) is 3.53. The molecule has 152 valence electrons. The third-order valence-electron chi connectivity index (χ3n) is 4.98. The number of carbonyl (C=O) groups is 2. The molecule has 0 saturated carbocycles. The van der Waals surface area contributed by atoms with Crippen LogP contribution in [-0.2, 0) is 9.59 Å². The highest BCUT2D eigenvalue weighted by Crippen LogP contribution is 2.39. The largest absolute Gasteiger partial charge is 0.507 e. The molecule has 1 saturated heterocycles. The number of rotatable bonds is 7. The van der Waals surface area contributed by atoms with E-state index in [0.29, 0.717) is 17.9 Å². The first-order valence-corrected chi connectivity index (χ1v) is 9.55. The molecular weight excluding hydrogens is 370 g/mol. The van der Waals surface area contributed by atoms with Crippen molar-refractivity contribution in [3.8, 4) is 5.75 Å². The number of aliphatic hydroxyl groups is 1. The molecule has 7 heteroatoms. The van der Waals surface area contributed by atoms with Crippen LogP contribution in [0.25, 0.3) is 5.76 Å². The van der Waals surface area contributed by atoms with E-state index in [0.717, 1.165) is 18.5 Å². The van der Waals surface area contributed by atoms with Gasteiger partial charge in [0.15, 0.2) is 0 Å². The molecule has 1 aromatic heterocycles. The van der Waals surface area contributed by atoms with Crippen molar-refractivity contribution in [2.75, 3.05) is 34.3 Å². The lowest BCUT2D eigenvalue weighted by Crippen LogP contribution is -3.05. The second-order valence-electron chi connectivity index (χ2n) is 7.32. The minimum Gasteiger partial charge on any atom is -0.507 e. The van der Waals surface area contributed by atoms with Gasteiger partial charge in [0.1, 0.15) is 11.5 Å². The molecular formula is C22H26N3O4+. The second-order valence-corrected chi connectivity index (χ2v) is 7.32. The van der Waals surface area contributed by atoms with E-state index in [1.165, 1.54) is 12.0 Å². The molecule has 1 atom stereocenters. The van der Waals surface area contributed by atoms with Crippen LogP contribution in [0.3, 0.4) is 0 Å². The molecule has 0 aliphatic carbocycles. The van der Waals surface area contributed by atoms with Crippen LogP contribution < -0.4 is 9.64 Å². The van der Waals surface area contributed by atoms with Crippen molar-refractivity contribution in [2.24, 2.45) is 0 Å². The number of ether oxygens (including phenoxy) is 1. The smallest absolute Gasteiger partial charge is 0.295 e. The summed E-state index contributed by atoms with van der Waals surface area (Å²) < 4.78 is 5.22. The number of hydrogen-bond donors (Lipinski definition) is 2. The lowest BCUT2D eigenvalue weighted by atomic mass is 9.96. The van der Waals surface area contributed by atoms with Gasteiger partial charge in [0, 0.05) is 30.9 Å². The Kier molecular flexibility index (Phi) is 6.29. The minimum atomic E-state index is -0.677. The quantitative estimate of drug-likeness (QED) is 0.415. The number of hydrogen-bond acceptors (Lipinski definition) is 5. The summed E-state index contributed by atoms with van der Waals surface area (Å²) in [5.74, 6) is -0.920. The lowest BCUT2D eigenvalue weighted by molar-refractivity contribution is -0.858. The number of nitrogens with zero attached hydrogens (tertiary/aromatic N) is 2. The number of benzene rings is 1. The highest BCUT2D eigenvalue weighted by atomic mass is 16.5. The first kappa shape index (κ1) is 20.5. The normalized spacial score (nSPS) is 18.5. The fourth-order valence-electron chi connectivity index (χ4n) is 3.53. The SMILES string of the molecule is COc1cccc(/C(O)=C2\C(=O)C(=O)N(CCC[NH+](C)C)[C@H]2c2ccncc2)c1. The number of pyridine rings is 1. The Balaban J connectivity index is 2.07. The van der Waals surface area contributed by atoms with E-state index in [2.05, 4.69) is 4.98 Å². The molecule has 3 rings (SSSR count). The Morgan fingerprint density at radius 2 is 1.93 bits per heavy atom. The first-order valence-electron chi connectivity index (χ1n) is 9.55. The zero-order valence-corrected chi connectivity index (χ0v) is 16.9. The molecule has 1 aromatic carbocycles. The molecule has 29 heavy (non-hydrogen) atoms. The number of Topliss-reactive ketones (excluding diaryl/α,β-unsaturated/α-hetero) is 1. The fraction of sp³-hybridized carbons (Fsp3) is 0.318. The van der Waals surface area contributed by atoms with Gasteiger partial charge >= 0.3 is 0 Å². The van der Waals surface area contributed by atoms with Gasteiger partial charge in [-0.1, -0.05) is 12.1 Å². The number of amides is 1. The van der Waals surface area contributed by atoms with Crippen LogP contribution in [0.1, 0.15) is 23.6 Å². The summed E-state index contributed by atoms with van der Waals surface area (Å²) in [6.45, 7) is 1.29. The monoisotopic (exact) mass is 396 g/mol. The summed E-state index contributed by atoms with van der Waals surface area (Å²) in [4.78, 5) is 32.6. The first-order chi connectivity index (χ1) is 13.9. The Morgan fingerprint density at radius 1 is 1.21 bits per heavy atom. The number of likely N-dealkylation sites (tertiary alicyclic amines) is 1. The van der Waals surface area contributed by atoms with E-state index in [-0.39, 0.29) is 11.3 Å². The number of aromatic nitrogens is 1. The van der Waals surface area contributed by atoms with E-state index in [9.17, 15) is 14.7 Å². The van der Waals surface area contributed by atoms with Gasteiger partial charge in [-0.3, -0.25) is 14.6 Å². The van der Waals surface area contributed by atoms with Crippen molar-refractivity contribution in [1.82, 2.24) is 9.88 Å². The zero-order valence-electron chi connectivity index (χ0n) is 16.9. The van der Waals surface area contributed by atoms with Gasteiger partial charge in [-0.15, -0.1) is 0 Å². The van der Waals surface area contributed by atoms with Gasteiger partial charge in [-0.2, -0.15) is 0 Å². The molecule has 0 bridgehead atoms. The van der Waals surface area contributed by atoms with Gasteiger partial charge in [0.25, 0.3) is 11.7 Å². The Morgan fingerprint density at radius 3 is 2.59 bits per heavy atom. The van der Waals surface area contributed by atoms with Gasteiger partial charge in [0.05, 0.1) is 39.4 Å². The number of methoxy groups -OCH3 is 1. The van der Waals surface area contributed by atoms with Gasteiger partial charge in [-0.25, -0.2) is 0 Å². The molecule has 1 aliphatic heterocycles. The number of aliphatic hydroxyl groups excluding tert-OH is 1. The maximum Gasteiger partial charge on any atom is 0.295 e. The van der Waals surface area contributed by atoms with Crippen molar-refractivity contribution in [2.45, 2.75) is 12.5 Å². The molecule has 2 N–H and O–H groups in total. The van der Waals surface area contributed by atoms with Crippen molar-refractivity contribution in [3.05, 3.63) is 65.5 Å². The molecule has 0 spiro atoms. The van der Waals surface area contributed by atoms with Crippen LogP contribution in [0, 0.1) is 0 Å². The van der Waals surface area contributed by atoms with Crippen molar-refractivity contribution in [3.63, 3.8) is 0 Å². The third-order valence-corrected chi connectivity index (χ3v) is 4.98. The molecule has 7 nitrogen and oxygen atoms in total. The molecule has 1 aliphatic rings. The van der Waals surface area contributed by atoms with Crippen LogP contribution in [0.5, 0.6) is 5.75 Å². The van der Waals surface area contributed by atoms with Crippen molar-refractivity contribution < 1.29 is 24.3 Å². The van der Waals surface area contributed by atoms with E-state index in [4.69, 9.17) is 4.74 Å². The van der Waals surface area contributed by atoms with Gasteiger partial charge < -0.3 is 19.6 Å². The van der Waals surface area contributed by atoms with Crippen molar-refractivity contribution >= 4 is 17.4 Å². The summed E-state index contributed by atoms with van der Waals surface area (Å²) >= 11 is 0. The summed E-state index contributed by atoms with van der Waals surface area (Å²) in [6, 6.07) is 9.68. The molecule has 1 fully saturated rings. The highest BCUT2D eigenvalue weighted by Gasteiger charge is 2.45. The van der Waals surface area contributed by atoms with E-state index in [1.807, 2.05) is 14.1 Å². The highest BCUT2D eigenvalue weighted by molar-refractivity contribution is 6.46. The summed E-state index contributed by atoms with van der Waals surface area (Å²) in [6.07, 6.45) is 3.98. The molecule has 0 radical (unpaired) electrons. The number of ketones is 1. The van der Waals surface area contributed by atoms with Gasteiger partial charge in [-0.05, 0) is 29.8 Å². The average molecular weight is 396 g/mol. The maximum atomic E-state index is 12.9. The Hall–Kier alpha value is -3.19. The summed E-state index contributed by atoms with van der Waals surface area (Å²) in [7, 11) is 5.61. The second kappa shape index (κ2) is 8.87. The van der Waals surface area contributed by atoms with Crippen LogP contribution in [0.2, 0.25) is 0 Å². The van der Waals surface area contributed by atoms with E-state index >= 15 is 0 Å². The van der Waals surface area contributed by atoms with E-state index < -0.39 is 17.7 Å². The average Bonchev–Trinajstić information content (AvgIpc) is 2.98. The predicted octanol–water partition coefficient (Wildman–Crippen LogP) is 1.05. The van der Waals surface area contributed by atoms with Crippen LogP contribution >= 0.6 is 0 Å². The topological polar surface area (TPSA) is 84.2 Å². The predicted molar refractivity (Wildman–Crippen MR) is 109 cm³/mol. The number of carbonyl (C=O) groups excluding carboxylic acids is 2. The van der Waals surface area contributed by atoms with Crippen LogP contribution in [0.15, 0.2) is 54.4 Å². The minimum absolute atomic E-state index is 0.0895. The summed E-state index contributed by atoms with van der Waals surface area (Å²) in [5, 5.41) is 11.0. The molecule has 0 unspecified atom stereocenters. The van der Waals surface area contributed by atoms with Crippen LogP contribution in [-0.4, -0.2) is 61.0 Å². The Bertz CT molecular complexity index is 925. The van der Waals surface area contributed by atoms with Crippen molar-refractivity contribution in [1.29, 1.82) is 0 Å². The molecule has 2 heterocycles. The van der Waals surface area contributed by atoms with Crippen LogP contribution in [0.4, 0.5) is 0 Å². The van der Waals surface area contributed by atoms with E-state index in [1.54, 1.807) is 53.7 Å². The molecule has 2 aromatic rings. The Labute approximate surface area is 170 Å². The number of nitrogens with one attached hydrogen (secondary N) is 1. The maximum absolute atomic E-state index is 12.9. The standard InChI is InChI=1S/C22H25N3O4/c1-24(2)12-5-13-25-19(15-8-10-23-11-9-15)18(21(27)22(25)28)20(26)16-6-4-7-17(14-16)29-3/h4,6-11,14,19,26H,5,12-13H2,1-3H3/p+1/b20-18+/t19-/m0/s1. The third kappa shape index (κ3) is 4.30. The lowest BCUT2D eigenvalue weighted by Gasteiger charge is -2.25. The molecule has 1 amide bonds. The number of quaternary nitrogens is 1. The summed E-state index contributed by atoms with van der Waals surface area (Å²) in [5.41, 5.74) is 1.26.